The van der Waals surface area contributed by atoms with E-state index in [0.29, 0.717) is 5.56 Å². The summed E-state index contributed by atoms with van der Waals surface area (Å²) in [6, 6.07) is 9.78. The van der Waals surface area contributed by atoms with Crippen molar-refractivity contribution >= 4 is 39.0 Å². The number of sulfone groups is 1. The first-order valence-corrected chi connectivity index (χ1v) is 8.21. The van der Waals surface area contributed by atoms with Gasteiger partial charge in [0, 0.05) is 0 Å². The lowest BCUT2D eigenvalue weighted by Gasteiger charge is -2.07. The molecule has 4 nitrogen and oxygen atoms in total. The smallest absolute Gasteiger partial charge is 0.335 e. The number of hydrogen-bond acceptors (Lipinski definition) is 3. The number of carboxylic acids is 1. The Balaban J connectivity index is 2.34. The zero-order chi connectivity index (χ0) is 15.6. The molecule has 21 heavy (non-hydrogen) atoms. The maximum atomic E-state index is 12.3. The van der Waals surface area contributed by atoms with Crippen LogP contribution in [0.5, 0.6) is 0 Å². The number of carboxylic acid groups (broad SMARTS) is 1. The topological polar surface area (TPSA) is 71.4 Å². The molecule has 0 aliphatic rings. The van der Waals surface area contributed by atoms with Gasteiger partial charge < -0.3 is 5.11 Å². The monoisotopic (exact) mass is 344 g/mol. The van der Waals surface area contributed by atoms with E-state index in [1.54, 1.807) is 18.2 Å². The molecule has 0 amide bonds. The van der Waals surface area contributed by atoms with Crippen molar-refractivity contribution < 1.29 is 18.3 Å². The van der Waals surface area contributed by atoms with Gasteiger partial charge in [0.25, 0.3) is 0 Å². The molecule has 0 heterocycles. The minimum Gasteiger partial charge on any atom is -0.478 e. The fraction of sp³-hybridized carbons (Fsp3) is 0.0714. The quantitative estimate of drug-likeness (QED) is 0.918. The van der Waals surface area contributed by atoms with Crippen LogP contribution in [0.15, 0.2) is 47.4 Å². The maximum Gasteiger partial charge on any atom is 0.335 e. The Kier molecular flexibility index (Phi) is 4.56. The summed E-state index contributed by atoms with van der Waals surface area (Å²) in [6.07, 6.45) is 0. The van der Waals surface area contributed by atoms with Gasteiger partial charge in [-0.2, -0.15) is 0 Å². The van der Waals surface area contributed by atoms with Gasteiger partial charge in [-0.3, -0.25) is 0 Å². The van der Waals surface area contributed by atoms with Gasteiger partial charge in [-0.1, -0.05) is 35.3 Å². The average Bonchev–Trinajstić information content (AvgIpc) is 2.44. The fourth-order valence-corrected chi connectivity index (χ4v) is 3.59. The highest BCUT2D eigenvalue weighted by molar-refractivity contribution is 7.90. The fourth-order valence-electron chi connectivity index (χ4n) is 1.75. The molecule has 110 valence electrons. The summed E-state index contributed by atoms with van der Waals surface area (Å²) < 4.78 is 24.6. The second-order valence-corrected chi connectivity index (χ2v) is 7.08. The Hall–Kier alpha value is -1.56. The number of rotatable bonds is 4. The summed E-state index contributed by atoms with van der Waals surface area (Å²) in [7, 11) is -3.63. The second kappa shape index (κ2) is 6.05. The molecule has 2 aromatic carbocycles. The van der Waals surface area contributed by atoms with E-state index in [1.807, 2.05) is 0 Å². The second-order valence-electron chi connectivity index (χ2n) is 4.30. The molecule has 0 fully saturated rings. The minimum absolute atomic E-state index is 0.0229. The third-order valence-corrected chi connectivity index (χ3v) is 5.38. The minimum atomic E-state index is -3.63. The predicted molar refractivity (Wildman–Crippen MR) is 80.8 cm³/mol. The molecular weight excluding hydrogens is 335 g/mol. The number of benzene rings is 2. The van der Waals surface area contributed by atoms with Crippen LogP contribution >= 0.6 is 23.2 Å². The highest BCUT2D eigenvalue weighted by Crippen LogP contribution is 2.28. The highest BCUT2D eigenvalue weighted by atomic mass is 35.5. The molecule has 1 N–H and O–H groups in total. The Morgan fingerprint density at radius 2 is 1.67 bits per heavy atom. The molecule has 0 aliphatic heterocycles. The van der Waals surface area contributed by atoms with Gasteiger partial charge >= 0.3 is 5.97 Å². The summed E-state index contributed by atoms with van der Waals surface area (Å²) in [4.78, 5) is 10.8. The average molecular weight is 345 g/mol. The van der Waals surface area contributed by atoms with Crippen LogP contribution in [0.25, 0.3) is 0 Å². The summed E-state index contributed by atoms with van der Waals surface area (Å²) in [5, 5.41) is 9.28. The Labute approximate surface area is 131 Å². The van der Waals surface area contributed by atoms with Gasteiger partial charge in [-0.05, 0) is 35.9 Å². The standard InChI is InChI=1S/C14H10Cl2O4S/c15-12-3-1-2-10(13(12)16)8-21(19,20)11-6-4-9(5-7-11)14(17)18/h1-7H,8H2,(H,17,18). The highest BCUT2D eigenvalue weighted by Gasteiger charge is 2.18. The molecule has 0 aliphatic carbocycles. The van der Waals surface area contributed by atoms with Gasteiger partial charge in [0.15, 0.2) is 9.84 Å². The Bertz CT molecular complexity index is 783. The number of hydrogen-bond donors (Lipinski definition) is 1. The summed E-state index contributed by atoms with van der Waals surface area (Å²) in [5.74, 6) is -1.42. The first-order chi connectivity index (χ1) is 9.81. The number of carbonyl (C=O) groups is 1. The van der Waals surface area contributed by atoms with Crippen molar-refractivity contribution in [2.24, 2.45) is 0 Å². The van der Waals surface area contributed by atoms with Gasteiger partial charge in [0.05, 0.1) is 26.3 Å². The molecule has 0 atom stereocenters. The van der Waals surface area contributed by atoms with Crippen molar-refractivity contribution in [1.29, 1.82) is 0 Å². The molecule has 0 spiro atoms. The molecule has 2 rings (SSSR count). The van der Waals surface area contributed by atoms with Crippen LogP contribution in [0.2, 0.25) is 10.0 Å². The molecule has 7 heteroatoms. The van der Waals surface area contributed by atoms with E-state index in [0.717, 1.165) is 0 Å². The van der Waals surface area contributed by atoms with Crippen LogP contribution in [0, 0.1) is 0 Å². The maximum absolute atomic E-state index is 12.3. The zero-order valence-electron chi connectivity index (χ0n) is 10.6. The number of halogens is 2. The van der Waals surface area contributed by atoms with E-state index in [9.17, 15) is 13.2 Å². The van der Waals surface area contributed by atoms with E-state index in [-0.39, 0.29) is 26.3 Å². The van der Waals surface area contributed by atoms with Gasteiger partial charge in [0.1, 0.15) is 0 Å². The van der Waals surface area contributed by atoms with Crippen LogP contribution in [0.1, 0.15) is 15.9 Å². The molecule has 0 unspecified atom stereocenters. The van der Waals surface area contributed by atoms with E-state index in [1.165, 1.54) is 24.3 Å². The summed E-state index contributed by atoms with van der Waals surface area (Å²) in [6.45, 7) is 0. The number of aromatic carboxylic acids is 1. The predicted octanol–water partition coefficient (Wildman–Crippen LogP) is 3.67. The van der Waals surface area contributed by atoms with Crippen molar-refractivity contribution in [2.75, 3.05) is 0 Å². The lowest BCUT2D eigenvalue weighted by atomic mass is 10.2. The third kappa shape index (κ3) is 3.56. The van der Waals surface area contributed by atoms with Gasteiger partial charge in [-0.15, -0.1) is 0 Å². The lowest BCUT2D eigenvalue weighted by molar-refractivity contribution is 0.0696. The summed E-state index contributed by atoms with van der Waals surface area (Å²) in [5.41, 5.74) is 0.418. The van der Waals surface area contributed by atoms with E-state index < -0.39 is 15.8 Å². The third-order valence-electron chi connectivity index (χ3n) is 2.84. The molecule has 0 bridgehead atoms. The van der Waals surface area contributed by atoms with Crippen molar-refractivity contribution in [3.8, 4) is 0 Å². The first kappa shape index (κ1) is 15.8. The normalized spacial score (nSPS) is 11.3. The molecule has 0 saturated heterocycles. The molecule has 0 aromatic heterocycles. The van der Waals surface area contributed by atoms with Crippen molar-refractivity contribution in [2.45, 2.75) is 10.6 Å². The van der Waals surface area contributed by atoms with Gasteiger partial charge in [0.2, 0.25) is 0 Å². The van der Waals surface area contributed by atoms with Crippen LogP contribution in [-0.2, 0) is 15.6 Å². The van der Waals surface area contributed by atoms with Gasteiger partial charge in [-0.25, -0.2) is 13.2 Å². The SMILES string of the molecule is O=C(O)c1ccc(S(=O)(=O)Cc2cccc(Cl)c2Cl)cc1. The molecule has 0 saturated carbocycles. The van der Waals surface area contributed by atoms with Crippen LogP contribution in [0.4, 0.5) is 0 Å². The van der Waals surface area contributed by atoms with E-state index >= 15 is 0 Å². The van der Waals surface area contributed by atoms with Crippen LogP contribution < -0.4 is 0 Å². The van der Waals surface area contributed by atoms with E-state index in [2.05, 4.69) is 0 Å². The van der Waals surface area contributed by atoms with Crippen molar-refractivity contribution in [3.63, 3.8) is 0 Å². The largest absolute Gasteiger partial charge is 0.478 e. The zero-order valence-corrected chi connectivity index (χ0v) is 12.9. The van der Waals surface area contributed by atoms with Crippen LogP contribution in [-0.4, -0.2) is 19.5 Å². The summed E-state index contributed by atoms with van der Waals surface area (Å²) >= 11 is 11.8. The Morgan fingerprint density at radius 3 is 2.24 bits per heavy atom. The molecule has 2 aromatic rings. The van der Waals surface area contributed by atoms with Crippen LogP contribution in [0.3, 0.4) is 0 Å². The Morgan fingerprint density at radius 1 is 1.05 bits per heavy atom. The molecule has 0 radical (unpaired) electrons. The van der Waals surface area contributed by atoms with Crippen molar-refractivity contribution in [1.82, 2.24) is 0 Å². The lowest BCUT2D eigenvalue weighted by Crippen LogP contribution is -2.06. The molecular formula is C14H10Cl2O4S. The van der Waals surface area contributed by atoms with Crippen molar-refractivity contribution in [3.05, 3.63) is 63.6 Å². The first-order valence-electron chi connectivity index (χ1n) is 5.80. The van der Waals surface area contributed by atoms with E-state index in [4.69, 9.17) is 28.3 Å².